The van der Waals surface area contributed by atoms with Gasteiger partial charge >= 0.3 is 0 Å². The minimum atomic E-state index is -0.335. The Kier molecular flexibility index (Phi) is 5.43. The molecule has 2 aliphatic rings. The quantitative estimate of drug-likeness (QED) is 0.774. The van der Waals surface area contributed by atoms with Crippen molar-refractivity contribution < 1.29 is 14.4 Å². The molecule has 0 radical (unpaired) electrons. The van der Waals surface area contributed by atoms with Crippen LogP contribution in [-0.2, 0) is 0 Å². The second kappa shape index (κ2) is 8.03. The maximum atomic E-state index is 12.7. The first-order valence-corrected chi connectivity index (χ1v) is 10.5. The van der Waals surface area contributed by atoms with E-state index < -0.39 is 0 Å². The standard InChI is InChI=1S/C24H27N3O3/c1-26(2)24(14-6-3-7-15-24)16-25-21(28)17-10-12-18(13-11-17)27-22(29)19-8-4-5-9-20(19)23(27)30/h4-5,8-13H,3,6-7,14-16H2,1-2H3,(H,25,28). The molecule has 3 amide bonds. The summed E-state index contributed by atoms with van der Waals surface area (Å²) in [5, 5.41) is 3.08. The van der Waals surface area contributed by atoms with Gasteiger partial charge < -0.3 is 10.2 Å². The molecule has 0 atom stereocenters. The summed E-state index contributed by atoms with van der Waals surface area (Å²) >= 11 is 0. The fourth-order valence-corrected chi connectivity index (χ4v) is 4.52. The van der Waals surface area contributed by atoms with Gasteiger partial charge in [-0.2, -0.15) is 0 Å². The van der Waals surface area contributed by atoms with Crippen molar-refractivity contribution in [1.82, 2.24) is 10.2 Å². The molecule has 1 heterocycles. The average Bonchev–Trinajstić information content (AvgIpc) is 3.03. The van der Waals surface area contributed by atoms with Crippen LogP contribution in [-0.4, -0.2) is 48.8 Å². The second-order valence-corrected chi connectivity index (χ2v) is 8.40. The van der Waals surface area contributed by atoms with Gasteiger partial charge in [-0.3, -0.25) is 14.4 Å². The van der Waals surface area contributed by atoms with E-state index in [1.165, 1.54) is 19.3 Å². The minimum absolute atomic E-state index is 0.00795. The number of benzene rings is 2. The summed E-state index contributed by atoms with van der Waals surface area (Å²) < 4.78 is 0. The third-order valence-electron chi connectivity index (χ3n) is 6.49. The van der Waals surface area contributed by atoms with E-state index in [4.69, 9.17) is 0 Å². The molecule has 2 aromatic carbocycles. The van der Waals surface area contributed by atoms with Crippen molar-refractivity contribution in [2.45, 2.75) is 37.6 Å². The summed E-state index contributed by atoms with van der Waals surface area (Å²) in [6.45, 7) is 0.610. The summed E-state index contributed by atoms with van der Waals surface area (Å²) in [6.07, 6.45) is 5.78. The number of rotatable bonds is 5. The first-order chi connectivity index (χ1) is 14.4. The van der Waals surface area contributed by atoms with Crippen molar-refractivity contribution >= 4 is 23.4 Å². The maximum absolute atomic E-state index is 12.7. The van der Waals surface area contributed by atoms with Crippen LogP contribution in [0.2, 0.25) is 0 Å². The highest BCUT2D eigenvalue weighted by molar-refractivity contribution is 6.34. The van der Waals surface area contributed by atoms with Crippen molar-refractivity contribution in [2.24, 2.45) is 0 Å². The number of imide groups is 1. The Labute approximate surface area is 176 Å². The second-order valence-electron chi connectivity index (χ2n) is 8.40. The zero-order valence-electron chi connectivity index (χ0n) is 17.5. The first-order valence-electron chi connectivity index (χ1n) is 10.5. The third-order valence-corrected chi connectivity index (χ3v) is 6.49. The number of carbonyl (C=O) groups excluding carboxylic acids is 3. The Morgan fingerprint density at radius 2 is 1.50 bits per heavy atom. The number of fused-ring (bicyclic) bond motifs is 1. The number of nitrogens with zero attached hydrogens (tertiary/aromatic N) is 2. The molecule has 2 aromatic rings. The van der Waals surface area contributed by atoms with Crippen LogP contribution < -0.4 is 10.2 Å². The van der Waals surface area contributed by atoms with Crippen LogP contribution in [0.3, 0.4) is 0 Å². The predicted molar refractivity (Wildman–Crippen MR) is 116 cm³/mol. The van der Waals surface area contributed by atoms with Crippen LogP contribution in [0.15, 0.2) is 48.5 Å². The van der Waals surface area contributed by atoms with Gasteiger partial charge in [0.05, 0.1) is 16.8 Å². The lowest BCUT2D eigenvalue weighted by molar-refractivity contribution is 0.0799. The molecule has 1 aliphatic carbocycles. The van der Waals surface area contributed by atoms with Crippen molar-refractivity contribution in [2.75, 3.05) is 25.5 Å². The van der Waals surface area contributed by atoms with Crippen molar-refractivity contribution in [1.29, 1.82) is 0 Å². The predicted octanol–water partition coefficient (Wildman–Crippen LogP) is 3.48. The van der Waals surface area contributed by atoms with E-state index in [1.54, 1.807) is 48.5 Å². The van der Waals surface area contributed by atoms with E-state index in [9.17, 15) is 14.4 Å². The zero-order chi connectivity index (χ0) is 21.3. The summed E-state index contributed by atoms with van der Waals surface area (Å²) in [7, 11) is 4.16. The number of hydrogen-bond acceptors (Lipinski definition) is 4. The molecule has 6 nitrogen and oxygen atoms in total. The van der Waals surface area contributed by atoms with Crippen LogP contribution in [0.5, 0.6) is 0 Å². The molecule has 6 heteroatoms. The molecule has 0 bridgehead atoms. The largest absolute Gasteiger partial charge is 0.350 e. The Hall–Kier alpha value is -2.99. The number of likely N-dealkylation sites (N-methyl/N-ethyl adjacent to an activating group) is 1. The smallest absolute Gasteiger partial charge is 0.266 e. The van der Waals surface area contributed by atoms with Crippen LogP contribution in [0.4, 0.5) is 5.69 Å². The van der Waals surface area contributed by atoms with Crippen molar-refractivity contribution in [3.05, 3.63) is 65.2 Å². The lowest BCUT2D eigenvalue weighted by Gasteiger charge is -2.43. The van der Waals surface area contributed by atoms with Gasteiger partial charge in [-0.05, 0) is 63.3 Å². The fraction of sp³-hybridized carbons (Fsp3) is 0.375. The molecule has 0 saturated heterocycles. The lowest BCUT2D eigenvalue weighted by atomic mass is 9.80. The fourth-order valence-electron chi connectivity index (χ4n) is 4.52. The molecule has 4 rings (SSSR count). The van der Waals surface area contributed by atoms with E-state index >= 15 is 0 Å². The molecule has 30 heavy (non-hydrogen) atoms. The van der Waals surface area contributed by atoms with Crippen LogP contribution in [0.1, 0.15) is 63.2 Å². The van der Waals surface area contributed by atoms with Gasteiger partial charge in [0.25, 0.3) is 17.7 Å². The summed E-state index contributed by atoms with van der Waals surface area (Å²) in [5.74, 6) is -0.813. The highest BCUT2D eigenvalue weighted by Crippen LogP contribution is 2.32. The highest BCUT2D eigenvalue weighted by Gasteiger charge is 2.37. The third kappa shape index (κ3) is 3.52. The van der Waals surface area contributed by atoms with Crippen LogP contribution in [0, 0.1) is 0 Å². The maximum Gasteiger partial charge on any atom is 0.266 e. The zero-order valence-corrected chi connectivity index (χ0v) is 17.5. The normalized spacial score (nSPS) is 17.9. The molecule has 0 unspecified atom stereocenters. The Morgan fingerprint density at radius 3 is 2.03 bits per heavy atom. The first kappa shape index (κ1) is 20.3. The Balaban J connectivity index is 1.46. The summed E-state index contributed by atoms with van der Waals surface area (Å²) in [4.78, 5) is 41.4. The topological polar surface area (TPSA) is 69.7 Å². The minimum Gasteiger partial charge on any atom is -0.350 e. The number of anilines is 1. The van der Waals surface area contributed by atoms with Gasteiger partial charge in [-0.1, -0.05) is 31.4 Å². The molecular formula is C24H27N3O3. The molecule has 1 saturated carbocycles. The van der Waals surface area contributed by atoms with Crippen LogP contribution >= 0.6 is 0 Å². The van der Waals surface area contributed by atoms with E-state index in [0.29, 0.717) is 28.9 Å². The van der Waals surface area contributed by atoms with Crippen molar-refractivity contribution in [3.63, 3.8) is 0 Å². The SMILES string of the molecule is CN(C)C1(CNC(=O)c2ccc(N3C(=O)c4ccccc4C3=O)cc2)CCCCC1. The van der Waals surface area contributed by atoms with E-state index in [1.807, 2.05) is 0 Å². The number of nitrogens with one attached hydrogen (secondary N) is 1. The van der Waals surface area contributed by atoms with Crippen molar-refractivity contribution in [3.8, 4) is 0 Å². The molecule has 1 aliphatic heterocycles. The number of carbonyl (C=O) groups is 3. The molecule has 1 N–H and O–H groups in total. The Bertz CT molecular complexity index is 940. The Morgan fingerprint density at radius 1 is 0.933 bits per heavy atom. The molecular weight excluding hydrogens is 378 g/mol. The highest BCUT2D eigenvalue weighted by atomic mass is 16.2. The lowest BCUT2D eigenvalue weighted by Crippen LogP contribution is -2.53. The summed E-state index contributed by atoms with van der Waals surface area (Å²) in [5.41, 5.74) is 1.81. The number of hydrogen-bond donors (Lipinski definition) is 1. The van der Waals surface area contributed by atoms with Gasteiger partial charge in [0.2, 0.25) is 0 Å². The summed E-state index contributed by atoms with van der Waals surface area (Å²) in [6, 6.07) is 13.4. The van der Waals surface area contributed by atoms with Gasteiger partial charge in [-0.15, -0.1) is 0 Å². The molecule has 0 spiro atoms. The van der Waals surface area contributed by atoms with E-state index in [2.05, 4.69) is 24.3 Å². The van der Waals surface area contributed by atoms with Gasteiger partial charge in [0, 0.05) is 17.6 Å². The molecule has 156 valence electrons. The molecule has 1 fully saturated rings. The van der Waals surface area contributed by atoms with E-state index in [-0.39, 0.29) is 23.3 Å². The molecule has 0 aromatic heterocycles. The monoisotopic (exact) mass is 405 g/mol. The van der Waals surface area contributed by atoms with Crippen LogP contribution in [0.25, 0.3) is 0 Å². The average molecular weight is 405 g/mol. The van der Waals surface area contributed by atoms with Gasteiger partial charge in [-0.25, -0.2) is 4.90 Å². The number of amides is 3. The van der Waals surface area contributed by atoms with E-state index in [0.717, 1.165) is 17.7 Å². The van der Waals surface area contributed by atoms with Gasteiger partial charge in [0.1, 0.15) is 0 Å². The van der Waals surface area contributed by atoms with Gasteiger partial charge in [0.15, 0.2) is 0 Å².